The summed E-state index contributed by atoms with van der Waals surface area (Å²) >= 11 is 0. The average molecular weight is 387 g/mol. The standard InChI is InChI=1S/C19H21N3O4S/c1-14-4-2-5-15(12-14)13-27(23,24)22-9-7-16(8-10-22)18-20-21-19(26-18)17-6-3-11-25-17/h2-6,11-12,16H,7-10,13H2,1H3. The molecule has 0 atom stereocenters. The zero-order valence-electron chi connectivity index (χ0n) is 15.0. The highest BCUT2D eigenvalue weighted by molar-refractivity contribution is 7.88. The minimum Gasteiger partial charge on any atom is -0.459 e. The number of rotatable bonds is 5. The van der Waals surface area contributed by atoms with Gasteiger partial charge in [0.15, 0.2) is 5.76 Å². The van der Waals surface area contributed by atoms with Gasteiger partial charge >= 0.3 is 0 Å². The first-order valence-corrected chi connectivity index (χ1v) is 10.5. The van der Waals surface area contributed by atoms with Crippen LogP contribution in [-0.4, -0.2) is 36.0 Å². The van der Waals surface area contributed by atoms with Crippen molar-refractivity contribution in [3.63, 3.8) is 0 Å². The van der Waals surface area contributed by atoms with E-state index in [1.165, 1.54) is 0 Å². The fraction of sp³-hybridized carbons (Fsp3) is 0.368. The van der Waals surface area contributed by atoms with Crippen molar-refractivity contribution in [2.75, 3.05) is 13.1 Å². The van der Waals surface area contributed by atoms with E-state index < -0.39 is 10.0 Å². The topological polar surface area (TPSA) is 89.4 Å². The summed E-state index contributed by atoms with van der Waals surface area (Å²) < 4.78 is 38.0. The van der Waals surface area contributed by atoms with E-state index in [0.717, 1.165) is 11.1 Å². The van der Waals surface area contributed by atoms with Crippen LogP contribution in [-0.2, 0) is 15.8 Å². The lowest BCUT2D eigenvalue weighted by atomic mass is 9.98. The van der Waals surface area contributed by atoms with Gasteiger partial charge in [0.05, 0.1) is 12.0 Å². The summed E-state index contributed by atoms with van der Waals surface area (Å²) in [4.78, 5) is 0. The Morgan fingerprint density at radius 1 is 1.15 bits per heavy atom. The van der Waals surface area contributed by atoms with Crippen LogP contribution < -0.4 is 0 Å². The second kappa shape index (κ2) is 7.28. The lowest BCUT2D eigenvalue weighted by molar-refractivity contribution is 0.290. The van der Waals surface area contributed by atoms with Gasteiger partial charge in [-0.3, -0.25) is 0 Å². The molecule has 27 heavy (non-hydrogen) atoms. The maximum absolute atomic E-state index is 12.7. The molecule has 142 valence electrons. The van der Waals surface area contributed by atoms with E-state index in [9.17, 15) is 8.42 Å². The first kappa shape index (κ1) is 17.9. The van der Waals surface area contributed by atoms with Gasteiger partial charge < -0.3 is 8.83 Å². The first-order valence-electron chi connectivity index (χ1n) is 8.92. The molecule has 1 aliphatic rings. The van der Waals surface area contributed by atoms with E-state index in [1.54, 1.807) is 22.7 Å². The molecule has 1 fully saturated rings. The number of hydrogen-bond acceptors (Lipinski definition) is 6. The van der Waals surface area contributed by atoms with Crippen molar-refractivity contribution >= 4 is 10.0 Å². The van der Waals surface area contributed by atoms with Crippen LogP contribution >= 0.6 is 0 Å². The van der Waals surface area contributed by atoms with Gasteiger partial charge in [0.1, 0.15) is 0 Å². The van der Waals surface area contributed by atoms with Crippen LogP contribution in [0.2, 0.25) is 0 Å². The molecule has 0 amide bonds. The largest absolute Gasteiger partial charge is 0.459 e. The van der Waals surface area contributed by atoms with Crippen molar-refractivity contribution in [2.24, 2.45) is 0 Å². The minimum atomic E-state index is -3.34. The highest BCUT2D eigenvalue weighted by Gasteiger charge is 2.31. The molecule has 3 aromatic rings. The molecule has 2 aromatic heterocycles. The molecule has 1 aliphatic heterocycles. The zero-order chi connectivity index (χ0) is 18.9. The summed E-state index contributed by atoms with van der Waals surface area (Å²) in [6.07, 6.45) is 2.87. The highest BCUT2D eigenvalue weighted by Crippen LogP contribution is 2.31. The Bertz CT molecular complexity index is 1000. The maximum Gasteiger partial charge on any atom is 0.283 e. The lowest BCUT2D eigenvalue weighted by Gasteiger charge is -2.29. The molecule has 7 nitrogen and oxygen atoms in total. The predicted octanol–water partition coefficient (Wildman–Crippen LogP) is 3.35. The number of hydrogen-bond donors (Lipinski definition) is 0. The van der Waals surface area contributed by atoms with Gasteiger partial charge in [0.2, 0.25) is 15.9 Å². The SMILES string of the molecule is Cc1cccc(CS(=O)(=O)N2CCC(c3nnc(-c4ccco4)o3)CC2)c1. The second-order valence-corrected chi connectivity index (χ2v) is 8.81. The van der Waals surface area contributed by atoms with Gasteiger partial charge in [0, 0.05) is 19.0 Å². The van der Waals surface area contributed by atoms with Gasteiger partial charge in [-0.15, -0.1) is 10.2 Å². The van der Waals surface area contributed by atoms with Crippen molar-refractivity contribution in [1.82, 2.24) is 14.5 Å². The number of benzene rings is 1. The summed E-state index contributed by atoms with van der Waals surface area (Å²) in [5.74, 6) is 1.52. The van der Waals surface area contributed by atoms with Crippen molar-refractivity contribution < 1.29 is 17.3 Å². The fourth-order valence-electron chi connectivity index (χ4n) is 3.38. The van der Waals surface area contributed by atoms with Gasteiger partial charge in [0.25, 0.3) is 5.89 Å². The number of piperidine rings is 1. The summed E-state index contributed by atoms with van der Waals surface area (Å²) in [7, 11) is -3.34. The van der Waals surface area contributed by atoms with Crippen LogP contribution in [0, 0.1) is 6.92 Å². The third-order valence-corrected chi connectivity index (χ3v) is 6.65. The zero-order valence-corrected chi connectivity index (χ0v) is 15.9. The molecule has 0 radical (unpaired) electrons. The van der Waals surface area contributed by atoms with E-state index in [1.807, 2.05) is 31.2 Å². The van der Waals surface area contributed by atoms with Gasteiger partial charge in [-0.2, -0.15) is 0 Å². The smallest absolute Gasteiger partial charge is 0.283 e. The Morgan fingerprint density at radius 2 is 1.96 bits per heavy atom. The van der Waals surface area contributed by atoms with Gasteiger partial charge in [-0.25, -0.2) is 12.7 Å². The van der Waals surface area contributed by atoms with Crippen molar-refractivity contribution in [3.8, 4) is 11.7 Å². The predicted molar refractivity (Wildman–Crippen MR) is 99.4 cm³/mol. The molecule has 1 aromatic carbocycles. The molecule has 0 unspecified atom stereocenters. The van der Waals surface area contributed by atoms with Crippen LogP contribution in [0.15, 0.2) is 51.5 Å². The third-order valence-electron chi connectivity index (χ3n) is 4.80. The van der Waals surface area contributed by atoms with Crippen molar-refractivity contribution in [3.05, 3.63) is 59.7 Å². The Labute approximate surface area is 158 Å². The summed E-state index contributed by atoms with van der Waals surface area (Å²) in [6, 6.07) is 11.1. The molecular weight excluding hydrogens is 366 g/mol. The second-order valence-electron chi connectivity index (χ2n) is 6.84. The monoisotopic (exact) mass is 387 g/mol. The minimum absolute atomic E-state index is 0.0303. The Morgan fingerprint density at radius 3 is 2.67 bits per heavy atom. The summed E-state index contributed by atoms with van der Waals surface area (Å²) in [6.45, 7) is 2.87. The lowest BCUT2D eigenvalue weighted by Crippen LogP contribution is -2.38. The van der Waals surface area contributed by atoms with E-state index >= 15 is 0 Å². The van der Waals surface area contributed by atoms with Crippen LogP contribution in [0.1, 0.15) is 35.8 Å². The Kier molecular flexibility index (Phi) is 4.84. The van der Waals surface area contributed by atoms with Gasteiger partial charge in [-0.1, -0.05) is 29.8 Å². The number of sulfonamides is 1. The molecule has 0 N–H and O–H groups in total. The molecular formula is C19H21N3O4S. The first-order chi connectivity index (χ1) is 13.0. The molecule has 0 saturated carbocycles. The average Bonchev–Trinajstić information content (AvgIpc) is 3.33. The van der Waals surface area contributed by atoms with E-state index in [4.69, 9.17) is 8.83 Å². The van der Waals surface area contributed by atoms with Crippen LogP contribution in [0.4, 0.5) is 0 Å². The maximum atomic E-state index is 12.7. The summed E-state index contributed by atoms with van der Waals surface area (Å²) in [5.41, 5.74) is 1.88. The van der Waals surface area contributed by atoms with Crippen LogP contribution in [0.5, 0.6) is 0 Å². The third kappa shape index (κ3) is 3.96. The number of nitrogens with zero attached hydrogens (tertiary/aromatic N) is 3. The van der Waals surface area contributed by atoms with E-state index in [2.05, 4.69) is 10.2 Å². The Hall–Kier alpha value is -2.45. The molecule has 1 saturated heterocycles. The highest BCUT2D eigenvalue weighted by atomic mass is 32.2. The van der Waals surface area contributed by atoms with Crippen LogP contribution in [0.3, 0.4) is 0 Å². The molecule has 4 rings (SSSR count). The van der Waals surface area contributed by atoms with Crippen molar-refractivity contribution in [1.29, 1.82) is 0 Å². The number of furan rings is 1. The number of aromatic nitrogens is 2. The molecule has 0 aliphatic carbocycles. The van der Waals surface area contributed by atoms with Gasteiger partial charge in [-0.05, 0) is 37.5 Å². The molecule has 3 heterocycles. The van der Waals surface area contributed by atoms with E-state index in [-0.39, 0.29) is 11.7 Å². The van der Waals surface area contributed by atoms with Crippen LogP contribution in [0.25, 0.3) is 11.7 Å². The molecule has 8 heteroatoms. The quantitative estimate of drug-likeness (QED) is 0.667. The Balaban J connectivity index is 1.40. The normalized spacial score (nSPS) is 16.6. The fourth-order valence-corrected chi connectivity index (χ4v) is 4.93. The number of aryl methyl sites for hydroxylation is 1. The summed E-state index contributed by atoms with van der Waals surface area (Å²) in [5, 5.41) is 8.14. The van der Waals surface area contributed by atoms with Crippen molar-refractivity contribution in [2.45, 2.75) is 31.4 Å². The van der Waals surface area contributed by atoms with E-state index in [0.29, 0.717) is 43.5 Å². The molecule has 0 spiro atoms. The molecule has 0 bridgehead atoms.